The Morgan fingerprint density at radius 3 is 2.21 bits per heavy atom. The summed E-state index contributed by atoms with van der Waals surface area (Å²) >= 11 is 0. The molecule has 2 aromatic carbocycles. The van der Waals surface area contributed by atoms with Crippen LogP contribution in [0.4, 0.5) is 0 Å². The summed E-state index contributed by atoms with van der Waals surface area (Å²) in [5, 5.41) is 20.1. The van der Waals surface area contributed by atoms with Gasteiger partial charge in [-0.3, -0.25) is 0 Å². The van der Waals surface area contributed by atoms with Crippen LogP contribution < -0.4 is 9.47 Å². The number of ether oxygens (including phenoxy) is 2. The second-order valence-corrected chi connectivity index (χ2v) is 6.44. The third kappa shape index (κ3) is 2.46. The molecule has 3 rings (SSSR count). The summed E-state index contributed by atoms with van der Waals surface area (Å²) in [6, 6.07) is 9.28. The zero-order valence-corrected chi connectivity index (χ0v) is 14.5. The number of benzene rings is 2. The maximum absolute atomic E-state index is 10.2. The van der Waals surface area contributed by atoms with Gasteiger partial charge in [0.25, 0.3) is 0 Å². The van der Waals surface area contributed by atoms with E-state index in [4.69, 9.17) is 9.47 Å². The van der Waals surface area contributed by atoms with Crippen LogP contribution in [0.15, 0.2) is 30.3 Å². The average Bonchev–Trinajstić information content (AvgIpc) is 2.85. The molecular weight excluding hydrogens is 304 g/mol. The monoisotopic (exact) mass is 328 g/mol. The number of hydrogen-bond acceptors (Lipinski definition) is 4. The SMILES string of the molecule is CCC1c2cc(OC)c(O)cc2C(c2ccc(O)c(OC)c2)C1C. The molecule has 0 fully saturated rings. The van der Waals surface area contributed by atoms with Crippen molar-refractivity contribution in [2.75, 3.05) is 14.2 Å². The Labute approximate surface area is 142 Å². The number of fused-ring (bicyclic) bond motifs is 1. The Morgan fingerprint density at radius 1 is 0.917 bits per heavy atom. The minimum atomic E-state index is 0.136. The highest BCUT2D eigenvalue weighted by Gasteiger charge is 2.39. The topological polar surface area (TPSA) is 58.9 Å². The molecule has 1 aliphatic rings. The van der Waals surface area contributed by atoms with Crippen molar-refractivity contribution in [3.05, 3.63) is 47.0 Å². The van der Waals surface area contributed by atoms with E-state index in [0.717, 1.165) is 17.5 Å². The predicted octanol–water partition coefficient (Wildman–Crippen LogP) is 4.39. The van der Waals surface area contributed by atoms with Crippen LogP contribution in [0.1, 0.15) is 48.8 Å². The minimum Gasteiger partial charge on any atom is -0.504 e. The van der Waals surface area contributed by atoms with E-state index in [9.17, 15) is 10.2 Å². The zero-order valence-electron chi connectivity index (χ0n) is 14.5. The molecule has 0 heterocycles. The van der Waals surface area contributed by atoms with Crippen LogP contribution in [0.5, 0.6) is 23.0 Å². The van der Waals surface area contributed by atoms with E-state index in [2.05, 4.69) is 13.8 Å². The molecule has 4 heteroatoms. The third-order valence-electron chi connectivity index (χ3n) is 5.28. The normalized spacial score (nSPS) is 22.2. The molecule has 0 bridgehead atoms. The minimum absolute atomic E-state index is 0.136. The lowest BCUT2D eigenvalue weighted by molar-refractivity contribution is 0.371. The first-order chi connectivity index (χ1) is 11.5. The van der Waals surface area contributed by atoms with Crippen molar-refractivity contribution in [1.29, 1.82) is 0 Å². The molecule has 3 atom stereocenters. The Hall–Kier alpha value is -2.36. The zero-order chi connectivity index (χ0) is 17.4. The average molecular weight is 328 g/mol. The highest BCUT2D eigenvalue weighted by atomic mass is 16.5. The van der Waals surface area contributed by atoms with Crippen LogP contribution in [0.2, 0.25) is 0 Å². The van der Waals surface area contributed by atoms with Crippen LogP contribution in [0, 0.1) is 5.92 Å². The first-order valence-electron chi connectivity index (χ1n) is 8.29. The number of methoxy groups -OCH3 is 2. The molecular formula is C20H24O4. The van der Waals surface area contributed by atoms with Gasteiger partial charge in [-0.2, -0.15) is 0 Å². The van der Waals surface area contributed by atoms with Gasteiger partial charge in [-0.05, 0) is 59.2 Å². The molecule has 3 unspecified atom stereocenters. The smallest absolute Gasteiger partial charge is 0.160 e. The van der Waals surface area contributed by atoms with Gasteiger partial charge in [-0.15, -0.1) is 0 Å². The van der Waals surface area contributed by atoms with Gasteiger partial charge in [0.05, 0.1) is 14.2 Å². The van der Waals surface area contributed by atoms with Crippen molar-refractivity contribution in [1.82, 2.24) is 0 Å². The lowest BCUT2D eigenvalue weighted by Gasteiger charge is -2.21. The van der Waals surface area contributed by atoms with Crippen molar-refractivity contribution in [2.24, 2.45) is 5.92 Å². The fourth-order valence-corrected chi connectivity index (χ4v) is 4.12. The molecule has 4 nitrogen and oxygen atoms in total. The maximum Gasteiger partial charge on any atom is 0.160 e. The van der Waals surface area contributed by atoms with Gasteiger partial charge < -0.3 is 19.7 Å². The third-order valence-corrected chi connectivity index (χ3v) is 5.28. The fraction of sp³-hybridized carbons (Fsp3) is 0.400. The molecule has 2 aromatic rings. The number of aromatic hydroxyl groups is 2. The van der Waals surface area contributed by atoms with E-state index < -0.39 is 0 Å². The lowest BCUT2D eigenvalue weighted by atomic mass is 9.83. The standard InChI is InChI=1S/C20H24O4/c1-5-13-11(2)20(12-6-7-16(21)18(8-12)23-3)15-9-17(22)19(24-4)10-14(13)15/h6-11,13,20-22H,5H2,1-4H3. The molecule has 0 aromatic heterocycles. The van der Waals surface area contributed by atoms with Gasteiger partial charge in [-0.25, -0.2) is 0 Å². The van der Waals surface area contributed by atoms with E-state index in [-0.39, 0.29) is 17.4 Å². The summed E-state index contributed by atoms with van der Waals surface area (Å²) in [5.74, 6) is 2.22. The van der Waals surface area contributed by atoms with Gasteiger partial charge in [0, 0.05) is 5.92 Å². The quantitative estimate of drug-likeness (QED) is 0.874. The molecule has 1 aliphatic carbocycles. The van der Waals surface area contributed by atoms with Gasteiger partial charge in [0.15, 0.2) is 23.0 Å². The summed E-state index contributed by atoms with van der Waals surface area (Å²) < 4.78 is 10.6. The van der Waals surface area contributed by atoms with Gasteiger partial charge in [0.2, 0.25) is 0 Å². The van der Waals surface area contributed by atoms with E-state index in [1.165, 1.54) is 5.56 Å². The summed E-state index contributed by atoms with van der Waals surface area (Å²) in [7, 11) is 3.12. The lowest BCUT2D eigenvalue weighted by Crippen LogP contribution is -2.09. The molecule has 0 radical (unpaired) electrons. The Kier molecular flexibility index (Phi) is 4.31. The van der Waals surface area contributed by atoms with Gasteiger partial charge in [-0.1, -0.05) is 19.9 Å². The van der Waals surface area contributed by atoms with Crippen molar-refractivity contribution in [3.63, 3.8) is 0 Å². The van der Waals surface area contributed by atoms with Crippen molar-refractivity contribution >= 4 is 0 Å². The molecule has 0 saturated heterocycles. The van der Waals surface area contributed by atoms with Gasteiger partial charge in [0.1, 0.15) is 0 Å². The number of rotatable bonds is 4. The van der Waals surface area contributed by atoms with E-state index >= 15 is 0 Å². The molecule has 24 heavy (non-hydrogen) atoms. The molecule has 0 spiro atoms. The van der Waals surface area contributed by atoms with Crippen LogP contribution in [-0.4, -0.2) is 24.4 Å². The highest BCUT2D eigenvalue weighted by Crippen LogP contribution is 2.53. The second-order valence-electron chi connectivity index (χ2n) is 6.44. The Morgan fingerprint density at radius 2 is 1.58 bits per heavy atom. The fourth-order valence-electron chi connectivity index (χ4n) is 4.12. The van der Waals surface area contributed by atoms with E-state index in [1.807, 2.05) is 24.3 Å². The molecule has 0 saturated carbocycles. The van der Waals surface area contributed by atoms with E-state index in [0.29, 0.717) is 23.3 Å². The molecule has 2 N–H and O–H groups in total. The van der Waals surface area contributed by atoms with Crippen molar-refractivity contribution in [3.8, 4) is 23.0 Å². The summed E-state index contributed by atoms with van der Waals surface area (Å²) in [6.07, 6.45) is 1.02. The number of phenolic OH excluding ortho intramolecular Hbond substituents is 2. The summed E-state index contributed by atoms with van der Waals surface area (Å²) in [4.78, 5) is 0. The van der Waals surface area contributed by atoms with Crippen LogP contribution in [-0.2, 0) is 0 Å². The first kappa shape index (κ1) is 16.5. The summed E-state index contributed by atoms with van der Waals surface area (Å²) in [5.41, 5.74) is 3.44. The first-order valence-corrected chi connectivity index (χ1v) is 8.29. The summed E-state index contributed by atoms with van der Waals surface area (Å²) in [6.45, 7) is 4.42. The largest absolute Gasteiger partial charge is 0.504 e. The number of phenols is 2. The predicted molar refractivity (Wildman–Crippen MR) is 93.4 cm³/mol. The van der Waals surface area contributed by atoms with Crippen molar-refractivity contribution < 1.29 is 19.7 Å². The molecule has 0 amide bonds. The van der Waals surface area contributed by atoms with Crippen LogP contribution >= 0.6 is 0 Å². The Bertz CT molecular complexity index is 754. The molecule has 128 valence electrons. The van der Waals surface area contributed by atoms with E-state index in [1.54, 1.807) is 20.3 Å². The number of hydrogen-bond donors (Lipinski definition) is 2. The van der Waals surface area contributed by atoms with Crippen LogP contribution in [0.25, 0.3) is 0 Å². The highest BCUT2D eigenvalue weighted by molar-refractivity contribution is 5.56. The van der Waals surface area contributed by atoms with Crippen molar-refractivity contribution in [2.45, 2.75) is 32.1 Å². The Balaban J connectivity index is 2.15. The maximum atomic E-state index is 10.2. The van der Waals surface area contributed by atoms with Gasteiger partial charge >= 0.3 is 0 Å². The molecule has 0 aliphatic heterocycles. The van der Waals surface area contributed by atoms with Crippen LogP contribution in [0.3, 0.4) is 0 Å². The second kappa shape index (κ2) is 6.27.